The van der Waals surface area contributed by atoms with E-state index >= 15 is 0 Å². The lowest BCUT2D eigenvalue weighted by Crippen LogP contribution is -2.28. The normalized spacial score (nSPS) is 15.2. The van der Waals surface area contributed by atoms with E-state index in [0.717, 1.165) is 12.8 Å². The Morgan fingerprint density at radius 1 is 1.04 bits per heavy atom. The van der Waals surface area contributed by atoms with Gasteiger partial charge < -0.3 is 4.74 Å². The second kappa shape index (κ2) is 7.96. The Morgan fingerprint density at radius 3 is 2.42 bits per heavy atom. The van der Waals surface area contributed by atoms with Crippen molar-refractivity contribution >= 4 is 39.2 Å². The van der Waals surface area contributed by atoms with Gasteiger partial charge in [-0.25, -0.2) is 13.2 Å². The van der Waals surface area contributed by atoms with Crippen molar-refractivity contribution in [1.82, 2.24) is 4.31 Å². The zero-order chi connectivity index (χ0) is 18.7. The van der Waals surface area contributed by atoms with Crippen LogP contribution in [0.25, 0.3) is 0 Å². The lowest BCUT2D eigenvalue weighted by molar-refractivity contribution is 0.0473. The van der Waals surface area contributed by atoms with Crippen molar-refractivity contribution in [3.8, 4) is 0 Å². The molecule has 26 heavy (non-hydrogen) atoms. The Bertz CT molecular complexity index is 925. The lowest BCUT2D eigenvalue weighted by Gasteiger charge is -2.16. The molecule has 2 aromatic carbocycles. The third kappa shape index (κ3) is 4.04. The number of nitrogens with zero attached hydrogens (tertiary/aromatic N) is 1. The minimum Gasteiger partial charge on any atom is -0.457 e. The summed E-state index contributed by atoms with van der Waals surface area (Å²) in [6, 6.07) is 11.1. The maximum atomic E-state index is 12.7. The fourth-order valence-electron chi connectivity index (χ4n) is 2.74. The van der Waals surface area contributed by atoms with Crippen molar-refractivity contribution in [1.29, 1.82) is 0 Å². The molecule has 138 valence electrons. The molecule has 0 spiro atoms. The van der Waals surface area contributed by atoms with Crippen LogP contribution in [0.1, 0.15) is 28.8 Å². The number of carbonyl (C=O) groups is 1. The first kappa shape index (κ1) is 19.2. The monoisotopic (exact) mass is 413 g/mol. The lowest BCUT2D eigenvalue weighted by atomic mass is 10.2. The molecule has 1 saturated heterocycles. The van der Waals surface area contributed by atoms with Crippen molar-refractivity contribution in [2.24, 2.45) is 0 Å². The van der Waals surface area contributed by atoms with Crippen molar-refractivity contribution in [3.63, 3.8) is 0 Å². The Hall–Kier alpha value is -1.60. The Labute approximate surface area is 162 Å². The third-order valence-electron chi connectivity index (χ3n) is 4.18. The molecule has 0 saturated carbocycles. The summed E-state index contributed by atoms with van der Waals surface area (Å²) in [5, 5.41) is 0.617. The summed E-state index contributed by atoms with van der Waals surface area (Å²) in [6.45, 7) is 0.937. The van der Waals surface area contributed by atoms with Gasteiger partial charge in [0.15, 0.2) is 0 Å². The van der Waals surface area contributed by atoms with Crippen molar-refractivity contribution in [3.05, 3.63) is 63.6 Å². The summed E-state index contributed by atoms with van der Waals surface area (Å²) in [4.78, 5) is 12.4. The summed E-state index contributed by atoms with van der Waals surface area (Å²) in [7, 11) is -3.64. The quantitative estimate of drug-likeness (QED) is 0.690. The second-order valence-electron chi connectivity index (χ2n) is 5.92. The summed E-state index contributed by atoms with van der Waals surface area (Å²) in [6.07, 6.45) is 1.67. The van der Waals surface area contributed by atoms with Gasteiger partial charge in [-0.3, -0.25) is 0 Å². The molecular weight excluding hydrogens is 397 g/mol. The Balaban J connectivity index is 1.81. The molecule has 1 aliphatic heterocycles. The van der Waals surface area contributed by atoms with Gasteiger partial charge in [-0.1, -0.05) is 41.4 Å². The molecule has 3 rings (SSSR count). The van der Waals surface area contributed by atoms with Crippen LogP contribution in [-0.4, -0.2) is 31.8 Å². The molecule has 0 unspecified atom stereocenters. The van der Waals surface area contributed by atoms with E-state index in [4.69, 9.17) is 27.9 Å². The van der Waals surface area contributed by atoms with Crippen molar-refractivity contribution in [2.45, 2.75) is 24.3 Å². The summed E-state index contributed by atoms with van der Waals surface area (Å²) < 4.78 is 32.0. The molecule has 2 aromatic rings. The van der Waals surface area contributed by atoms with Gasteiger partial charge in [-0.05, 0) is 37.1 Å². The van der Waals surface area contributed by atoms with Gasteiger partial charge in [0, 0.05) is 23.7 Å². The van der Waals surface area contributed by atoms with Crippen LogP contribution < -0.4 is 0 Å². The van der Waals surface area contributed by atoms with E-state index < -0.39 is 16.0 Å². The molecule has 1 fully saturated rings. The van der Waals surface area contributed by atoms with E-state index in [1.54, 1.807) is 24.3 Å². The number of ether oxygens (including phenoxy) is 1. The fourth-order valence-corrected chi connectivity index (χ4v) is 4.66. The average Bonchev–Trinajstić information content (AvgIpc) is 3.16. The van der Waals surface area contributed by atoms with E-state index in [-0.39, 0.29) is 22.1 Å². The van der Waals surface area contributed by atoms with Crippen LogP contribution in [-0.2, 0) is 21.4 Å². The highest BCUT2D eigenvalue weighted by Crippen LogP contribution is 2.26. The molecule has 5 nitrogen and oxygen atoms in total. The minimum atomic E-state index is -3.64. The van der Waals surface area contributed by atoms with E-state index in [1.165, 1.54) is 22.5 Å². The van der Waals surface area contributed by atoms with Gasteiger partial charge in [-0.2, -0.15) is 4.31 Å². The van der Waals surface area contributed by atoms with Crippen LogP contribution in [0, 0.1) is 0 Å². The van der Waals surface area contributed by atoms with Gasteiger partial charge >= 0.3 is 5.97 Å². The number of rotatable bonds is 5. The highest BCUT2D eigenvalue weighted by Gasteiger charge is 2.28. The maximum absolute atomic E-state index is 12.7. The number of benzene rings is 2. The zero-order valence-electron chi connectivity index (χ0n) is 13.8. The van der Waals surface area contributed by atoms with Gasteiger partial charge in [0.05, 0.1) is 15.5 Å². The van der Waals surface area contributed by atoms with Crippen LogP contribution >= 0.6 is 23.2 Å². The molecule has 0 aromatic heterocycles. The Morgan fingerprint density at radius 2 is 1.73 bits per heavy atom. The predicted molar refractivity (Wildman–Crippen MR) is 100 cm³/mol. The number of sulfonamides is 1. The molecule has 0 radical (unpaired) electrons. The van der Waals surface area contributed by atoms with E-state index in [9.17, 15) is 13.2 Å². The van der Waals surface area contributed by atoms with Crippen molar-refractivity contribution < 1.29 is 17.9 Å². The van der Waals surface area contributed by atoms with Gasteiger partial charge in [0.2, 0.25) is 10.0 Å². The molecule has 1 heterocycles. The SMILES string of the molecule is O=C(OCc1ccccc1Cl)c1cc(S(=O)(=O)N2CCCC2)ccc1Cl. The van der Waals surface area contributed by atoms with Gasteiger partial charge in [0.1, 0.15) is 6.61 Å². The first-order valence-corrected chi connectivity index (χ1v) is 10.3. The average molecular weight is 414 g/mol. The molecular formula is C18H17Cl2NO4S. The van der Waals surface area contributed by atoms with Crippen molar-refractivity contribution in [2.75, 3.05) is 13.1 Å². The minimum absolute atomic E-state index is 0.0130. The number of esters is 1. The standard InChI is InChI=1S/C18H17Cl2NO4S/c19-16-6-2-1-5-13(16)12-25-18(22)15-11-14(7-8-17(15)20)26(23,24)21-9-3-4-10-21/h1-2,5-8,11H,3-4,9-10,12H2. The zero-order valence-corrected chi connectivity index (χ0v) is 16.1. The van der Waals surface area contributed by atoms with Crippen LogP contribution in [0.2, 0.25) is 10.0 Å². The smallest absolute Gasteiger partial charge is 0.340 e. The van der Waals surface area contributed by atoms with E-state index in [0.29, 0.717) is 23.7 Å². The van der Waals surface area contributed by atoms with Crippen LogP contribution in [0.15, 0.2) is 47.4 Å². The summed E-state index contributed by atoms with van der Waals surface area (Å²) in [5.74, 6) is -0.701. The molecule has 0 bridgehead atoms. The molecule has 0 atom stereocenters. The molecule has 8 heteroatoms. The van der Waals surface area contributed by atoms with E-state index in [1.807, 2.05) is 0 Å². The third-order valence-corrected chi connectivity index (χ3v) is 6.77. The molecule has 0 N–H and O–H groups in total. The summed E-state index contributed by atoms with van der Waals surface area (Å²) >= 11 is 12.1. The van der Waals surface area contributed by atoms with Crippen LogP contribution in [0.3, 0.4) is 0 Å². The number of hydrogen-bond acceptors (Lipinski definition) is 4. The van der Waals surface area contributed by atoms with E-state index in [2.05, 4.69) is 0 Å². The molecule has 0 amide bonds. The fraction of sp³-hybridized carbons (Fsp3) is 0.278. The van der Waals surface area contributed by atoms with Crippen LogP contribution in [0.4, 0.5) is 0 Å². The molecule has 1 aliphatic rings. The Kier molecular flexibility index (Phi) is 5.87. The number of carbonyl (C=O) groups excluding carboxylic acids is 1. The molecule has 0 aliphatic carbocycles. The van der Waals surface area contributed by atoms with Gasteiger partial charge in [-0.15, -0.1) is 0 Å². The largest absolute Gasteiger partial charge is 0.457 e. The second-order valence-corrected chi connectivity index (χ2v) is 8.67. The predicted octanol–water partition coefficient (Wildman–Crippen LogP) is 4.13. The van der Waals surface area contributed by atoms with Gasteiger partial charge in [0.25, 0.3) is 0 Å². The first-order chi connectivity index (χ1) is 12.4. The number of hydrogen-bond donors (Lipinski definition) is 0. The van der Waals surface area contributed by atoms with Crippen LogP contribution in [0.5, 0.6) is 0 Å². The maximum Gasteiger partial charge on any atom is 0.340 e. The summed E-state index contributed by atoms with van der Waals surface area (Å²) in [5.41, 5.74) is 0.665. The topological polar surface area (TPSA) is 63.7 Å². The number of halogens is 2. The highest BCUT2D eigenvalue weighted by atomic mass is 35.5. The highest BCUT2D eigenvalue weighted by molar-refractivity contribution is 7.89. The first-order valence-electron chi connectivity index (χ1n) is 8.10.